The molecule has 2 aromatic rings. The highest BCUT2D eigenvalue weighted by atomic mass is 16.5. The number of aromatic nitrogens is 1. The van der Waals surface area contributed by atoms with Gasteiger partial charge in [0, 0.05) is 17.2 Å². The average Bonchev–Trinajstić information content (AvgIpc) is 3.32. The Morgan fingerprint density at radius 1 is 1.06 bits per heavy atom. The van der Waals surface area contributed by atoms with Gasteiger partial charge in [-0.15, -0.1) is 0 Å². The van der Waals surface area contributed by atoms with Crippen LogP contribution in [0.15, 0.2) is 30.3 Å². The zero-order valence-electron chi connectivity index (χ0n) is 19.8. The minimum atomic E-state index is -0.917. The van der Waals surface area contributed by atoms with Crippen LogP contribution in [-0.4, -0.2) is 29.3 Å². The minimum absolute atomic E-state index is 0.181. The number of carboxylic acid groups (broad SMARTS) is 1. The van der Waals surface area contributed by atoms with E-state index >= 15 is 0 Å². The van der Waals surface area contributed by atoms with E-state index in [4.69, 9.17) is 9.47 Å². The Kier molecular flexibility index (Phi) is 6.93. The van der Waals surface area contributed by atoms with E-state index in [0.717, 1.165) is 48.2 Å². The van der Waals surface area contributed by atoms with Crippen molar-refractivity contribution in [1.82, 2.24) is 4.98 Å². The molecule has 5 nitrogen and oxygen atoms in total. The molecular formula is C28H33NO4. The van der Waals surface area contributed by atoms with Crippen molar-refractivity contribution < 1.29 is 19.4 Å². The third-order valence-electron chi connectivity index (χ3n) is 7.20. The van der Waals surface area contributed by atoms with Crippen LogP contribution in [0.2, 0.25) is 0 Å². The lowest BCUT2D eigenvalue weighted by Gasteiger charge is -2.36. The van der Waals surface area contributed by atoms with E-state index in [1.54, 1.807) is 7.11 Å². The number of hydrogen-bond acceptors (Lipinski definition) is 4. The number of rotatable bonds is 5. The van der Waals surface area contributed by atoms with Gasteiger partial charge in [-0.05, 0) is 95.0 Å². The molecule has 33 heavy (non-hydrogen) atoms. The molecular weight excluding hydrogens is 414 g/mol. The molecule has 4 rings (SSSR count). The van der Waals surface area contributed by atoms with Crippen molar-refractivity contribution in [2.24, 2.45) is 5.92 Å². The fourth-order valence-corrected chi connectivity index (χ4v) is 5.13. The highest BCUT2D eigenvalue weighted by molar-refractivity contribution is 5.82. The van der Waals surface area contributed by atoms with Crippen molar-refractivity contribution >= 4 is 5.97 Å². The number of carboxylic acids is 1. The van der Waals surface area contributed by atoms with Crippen molar-refractivity contribution in [3.63, 3.8) is 0 Å². The van der Waals surface area contributed by atoms with Crippen LogP contribution in [0.5, 0.6) is 11.5 Å². The Bertz CT molecular complexity index is 1070. The number of methoxy groups -OCH3 is 1. The maximum atomic E-state index is 12.5. The van der Waals surface area contributed by atoms with E-state index < -0.39 is 11.4 Å². The summed E-state index contributed by atoms with van der Waals surface area (Å²) in [7, 11) is 1.62. The molecule has 2 aliphatic carbocycles. The molecule has 0 saturated heterocycles. The summed E-state index contributed by atoms with van der Waals surface area (Å²) in [5.41, 5.74) is 2.75. The molecule has 0 unspecified atom stereocenters. The quantitative estimate of drug-likeness (QED) is 0.605. The maximum Gasteiger partial charge on any atom is 0.314 e. The van der Waals surface area contributed by atoms with Gasteiger partial charge in [-0.25, -0.2) is 0 Å². The molecule has 1 aromatic heterocycles. The minimum Gasteiger partial charge on any atom is -0.493 e. The molecule has 0 aliphatic heterocycles. The van der Waals surface area contributed by atoms with Gasteiger partial charge in [-0.3, -0.25) is 9.78 Å². The lowest BCUT2D eigenvalue weighted by atomic mass is 9.66. The van der Waals surface area contributed by atoms with Crippen molar-refractivity contribution in [2.45, 2.75) is 76.7 Å². The van der Waals surface area contributed by atoms with E-state index in [2.05, 4.69) is 16.8 Å². The van der Waals surface area contributed by atoms with Crippen LogP contribution in [0.3, 0.4) is 0 Å². The van der Waals surface area contributed by atoms with Gasteiger partial charge in [0.05, 0.1) is 24.3 Å². The molecule has 0 spiro atoms. The van der Waals surface area contributed by atoms with Crippen LogP contribution in [-0.2, 0) is 10.2 Å². The molecule has 2 saturated carbocycles. The number of carbonyl (C=O) groups is 1. The lowest BCUT2D eigenvalue weighted by molar-refractivity contribution is -0.145. The van der Waals surface area contributed by atoms with E-state index in [1.165, 1.54) is 12.8 Å². The largest absolute Gasteiger partial charge is 0.493 e. The highest BCUT2D eigenvalue weighted by Crippen LogP contribution is 2.44. The number of ether oxygens (including phenoxy) is 2. The number of aliphatic carboxylic acids is 1. The van der Waals surface area contributed by atoms with Gasteiger partial charge >= 0.3 is 5.97 Å². The number of aryl methyl sites for hydroxylation is 2. The van der Waals surface area contributed by atoms with Crippen LogP contribution < -0.4 is 9.47 Å². The maximum absolute atomic E-state index is 12.5. The first-order valence-corrected chi connectivity index (χ1v) is 12.0. The van der Waals surface area contributed by atoms with Gasteiger partial charge in [-0.1, -0.05) is 17.9 Å². The molecule has 0 bridgehead atoms. The summed E-state index contributed by atoms with van der Waals surface area (Å²) in [4.78, 5) is 17.0. The third kappa shape index (κ3) is 5.00. The van der Waals surface area contributed by atoms with Crippen LogP contribution >= 0.6 is 0 Å². The van der Waals surface area contributed by atoms with Crippen molar-refractivity contribution in [3.8, 4) is 23.3 Å². The second-order valence-electron chi connectivity index (χ2n) is 9.41. The zero-order valence-corrected chi connectivity index (χ0v) is 19.8. The van der Waals surface area contributed by atoms with E-state index in [-0.39, 0.29) is 12.0 Å². The molecule has 0 amide bonds. The Balaban J connectivity index is 1.53. The predicted octanol–water partition coefficient (Wildman–Crippen LogP) is 5.59. The standard InChI is InChI=1S/C28H33NO4/c1-19-8-10-22(20(2)29-19)11-9-21-14-16-28(17-15-21,27(30)31)23-12-13-25(32-3)26(18-23)33-24-6-4-5-7-24/h8,10,12-13,18,21,24H,4-7,14-17H2,1-3H3,(H,30,31). The molecule has 5 heteroatoms. The number of benzene rings is 1. The summed E-state index contributed by atoms with van der Waals surface area (Å²) in [5, 5.41) is 10.3. The number of pyridine rings is 1. The Hall–Kier alpha value is -3.00. The summed E-state index contributed by atoms with van der Waals surface area (Å²) < 4.78 is 11.7. The normalized spacial score (nSPS) is 22.9. The smallest absolute Gasteiger partial charge is 0.314 e. The number of nitrogens with zero attached hydrogens (tertiary/aromatic N) is 1. The first kappa shape index (κ1) is 23.2. The molecule has 174 valence electrons. The molecule has 1 N–H and O–H groups in total. The first-order chi connectivity index (χ1) is 15.9. The Morgan fingerprint density at radius 3 is 2.42 bits per heavy atom. The van der Waals surface area contributed by atoms with Gasteiger partial charge in [0.15, 0.2) is 11.5 Å². The zero-order chi connectivity index (χ0) is 23.4. The Labute approximate surface area is 196 Å². The first-order valence-electron chi connectivity index (χ1n) is 12.0. The van der Waals surface area contributed by atoms with Gasteiger partial charge < -0.3 is 14.6 Å². The van der Waals surface area contributed by atoms with E-state index in [0.29, 0.717) is 24.3 Å². The van der Waals surface area contributed by atoms with Crippen LogP contribution in [0, 0.1) is 31.6 Å². The van der Waals surface area contributed by atoms with Crippen LogP contribution in [0.25, 0.3) is 0 Å². The summed E-state index contributed by atoms with van der Waals surface area (Å²) in [6, 6.07) is 9.63. The monoisotopic (exact) mass is 447 g/mol. The number of hydrogen-bond donors (Lipinski definition) is 1. The Morgan fingerprint density at radius 2 is 1.79 bits per heavy atom. The van der Waals surface area contributed by atoms with Crippen LogP contribution in [0.1, 0.15) is 73.9 Å². The predicted molar refractivity (Wildman–Crippen MR) is 128 cm³/mol. The third-order valence-corrected chi connectivity index (χ3v) is 7.20. The molecule has 1 aromatic carbocycles. The summed E-state index contributed by atoms with van der Waals surface area (Å²) in [6.07, 6.45) is 7.22. The highest BCUT2D eigenvalue weighted by Gasteiger charge is 2.43. The molecule has 2 fully saturated rings. The summed E-state index contributed by atoms with van der Waals surface area (Å²) >= 11 is 0. The molecule has 0 atom stereocenters. The van der Waals surface area contributed by atoms with Gasteiger partial charge in [0.25, 0.3) is 0 Å². The second kappa shape index (κ2) is 9.87. The SMILES string of the molecule is COc1ccc(C2(C(=O)O)CCC(C#Cc3ccc(C)nc3C)CC2)cc1OC1CCCC1. The molecule has 0 radical (unpaired) electrons. The fraction of sp³-hybridized carbons (Fsp3) is 0.500. The van der Waals surface area contributed by atoms with Gasteiger partial charge in [0.1, 0.15) is 0 Å². The van der Waals surface area contributed by atoms with Gasteiger partial charge in [0.2, 0.25) is 0 Å². The second-order valence-corrected chi connectivity index (χ2v) is 9.41. The fourth-order valence-electron chi connectivity index (χ4n) is 5.13. The van der Waals surface area contributed by atoms with Crippen molar-refractivity contribution in [2.75, 3.05) is 7.11 Å². The molecule has 1 heterocycles. The van der Waals surface area contributed by atoms with Crippen molar-refractivity contribution in [1.29, 1.82) is 0 Å². The average molecular weight is 448 g/mol. The molecule has 2 aliphatic rings. The van der Waals surface area contributed by atoms with Gasteiger partial charge in [-0.2, -0.15) is 0 Å². The van der Waals surface area contributed by atoms with Crippen LogP contribution in [0.4, 0.5) is 0 Å². The topological polar surface area (TPSA) is 68.7 Å². The van der Waals surface area contributed by atoms with Crippen molar-refractivity contribution in [3.05, 3.63) is 52.8 Å². The van der Waals surface area contributed by atoms with E-state index in [1.807, 2.05) is 44.2 Å². The summed E-state index contributed by atoms with van der Waals surface area (Å²) in [6.45, 7) is 3.95. The lowest BCUT2D eigenvalue weighted by Crippen LogP contribution is -2.39. The summed E-state index contributed by atoms with van der Waals surface area (Å²) in [5.74, 6) is 7.38. The van der Waals surface area contributed by atoms with E-state index in [9.17, 15) is 9.90 Å².